The van der Waals surface area contributed by atoms with Crippen LogP contribution in [0.5, 0.6) is 0 Å². The van der Waals surface area contributed by atoms with E-state index in [2.05, 4.69) is 21.2 Å². The third-order valence-corrected chi connectivity index (χ3v) is 3.81. The van der Waals surface area contributed by atoms with Crippen molar-refractivity contribution in [3.05, 3.63) is 34.3 Å². The fourth-order valence-electron chi connectivity index (χ4n) is 2.04. The molecule has 1 saturated heterocycles. The van der Waals surface area contributed by atoms with Crippen LogP contribution in [0.3, 0.4) is 0 Å². The molecule has 1 heterocycles. The number of carbonyl (C=O) groups is 2. The molecule has 6 heteroatoms. The van der Waals surface area contributed by atoms with E-state index in [1.165, 1.54) is 0 Å². The number of halogens is 1. The first-order valence-electron chi connectivity index (χ1n) is 6.38. The van der Waals surface area contributed by atoms with Crippen LogP contribution < -0.4 is 5.32 Å². The van der Waals surface area contributed by atoms with Crippen molar-refractivity contribution >= 4 is 27.9 Å². The fraction of sp³-hybridized carbons (Fsp3) is 0.429. The number of ether oxygens (including phenoxy) is 1. The number of carbonyl (C=O) groups excluding carboxylic acids is 2. The first kappa shape index (κ1) is 14.8. The Bertz CT molecular complexity index is 514. The molecule has 0 atom stereocenters. The molecule has 0 aliphatic carbocycles. The van der Waals surface area contributed by atoms with Gasteiger partial charge < -0.3 is 10.1 Å². The van der Waals surface area contributed by atoms with Gasteiger partial charge in [-0.05, 0) is 38.1 Å². The van der Waals surface area contributed by atoms with Gasteiger partial charge in [0.2, 0.25) is 0 Å². The Morgan fingerprint density at radius 2 is 2.05 bits per heavy atom. The zero-order valence-corrected chi connectivity index (χ0v) is 13.1. The second-order valence-corrected chi connectivity index (χ2v) is 6.18. The Hall–Kier alpha value is -1.56. The molecule has 5 nitrogen and oxygen atoms in total. The largest absolute Gasteiger partial charge is 0.448 e. The Morgan fingerprint density at radius 3 is 2.60 bits per heavy atom. The van der Waals surface area contributed by atoms with E-state index in [0.717, 1.165) is 4.47 Å². The van der Waals surface area contributed by atoms with Gasteiger partial charge in [-0.25, -0.2) is 4.79 Å². The zero-order valence-electron chi connectivity index (χ0n) is 11.5. The third-order valence-electron chi connectivity index (χ3n) is 3.28. The standard InChI is InChI=1S/C14H17BrN2O3/c1-14(2,17-7-8-20-13(17)19)9-16-12(18)10-3-5-11(15)6-4-10/h3-6H,7-9H2,1-2H3,(H,16,18). The number of amides is 2. The molecule has 1 fully saturated rings. The quantitative estimate of drug-likeness (QED) is 0.915. The summed E-state index contributed by atoms with van der Waals surface area (Å²) >= 11 is 3.33. The van der Waals surface area contributed by atoms with E-state index in [9.17, 15) is 9.59 Å². The van der Waals surface area contributed by atoms with Crippen molar-refractivity contribution in [2.75, 3.05) is 19.7 Å². The zero-order chi connectivity index (χ0) is 14.8. The van der Waals surface area contributed by atoms with Crippen LogP contribution in [0, 0.1) is 0 Å². The molecular weight excluding hydrogens is 324 g/mol. The van der Waals surface area contributed by atoms with E-state index < -0.39 is 5.54 Å². The Labute approximate surface area is 126 Å². The van der Waals surface area contributed by atoms with Crippen molar-refractivity contribution in [1.82, 2.24) is 10.2 Å². The van der Waals surface area contributed by atoms with Crippen molar-refractivity contribution in [2.24, 2.45) is 0 Å². The molecule has 1 aromatic carbocycles. The number of benzene rings is 1. The highest BCUT2D eigenvalue weighted by molar-refractivity contribution is 9.10. The second-order valence-electron chi connectivity index (χ2n) is 5.27. The minimum Gasteiger partial charge on any atom is -0.448 e. The lowest BCUT2D eigenvalue weighted by Crippen LogP contribution is -2.52. The molecule has 0 radical (unpaired) electrons. The highest BCUT2D eigenvalue weighted by Gasteiger charge is 2.35. The van der Waals surface area contributed by atoms with Crippen molar-refractivity contribution < 1.29 is 14.3 Å². The monoisotopic (exact) mass is 340 g/mol. The molecule has 1 aromatic rings. The molecule has 20 heavy (non-hydrogen) atoms. The third kappa shape index (κ3) is 3.30. The molecule has 0 bridgehead atoms. The van der Waals surface area contributed by atoms with Gasteiger partial charge in [-0.1, -0.05) is 15.9 Å². The van der Waals surface area contributed by atoms with Gasteiger partial charge in [-0.15, -0.1) is 0 Å². The van der Waals surface area contributed by atoms with E-state index >= 15 is 0 Å². The van der Waals surface area contributed by atoms with E-state index in [4.69, 9.17) is 4.74 Å². The number of rotatable bonds is 4. The predicted octanol–water partition coefficient (Wildman–Crippen LogP) is 2.41. The van der Waals surface area contributed by atoms with Gasteiger partial charge in [0.15, 0.2) is 0 Å². The van der Waals surface area contributed by atoms with E-state index in [-0.39, 0.29) is 12.0 Å². The van der Waals surface area contributed by atoms with Crippen LogP contribution in [0.4, 0.5) is 4.79 Å². The summed E-state index contributed by atoms with van der Waals surface area (Å²) in [6, 6.07) is 7.13. The molecule has 0 saturated carbocycles. The first-order valence-corrected chi connectivity index (χ1v) is 7.17. The second kappa shape index (κ2) is 5.83. The van der Waals surface area contributed by atoms with Crippen LogP contribution >= 0.6 is 15.9 Å². The average Bonchev–Trinajstić information content (AvgIpc) is 2.84. The van der Waals surface area contributed by atoms with Gasteiger partial charge in [0.1, 0.15) is 6.61 Å². The van der Waals surface area contributed by atoms with Crippen LogP contribution in [0.25, 0.3) is 0 Å². The number of hydrogen-bond acceptors (Lipinski definition) is 3. The number of hydrogen-bond donors (Lipinski definition) is 1. The highest BCUT2D eigenvalue weighted by atomic mass is 79.9. The number of cyclic esters (lactones) is 1. The average molecular weight is 341 g/mol. The minimum absolute atomic E-state index is 0.155. The minimum atomic E-state index is -0.474. The normalized spacial score (nSPS) is 15.2. The summed E-state index contributed by atoms with van der Waals surface area (Å²) in [5, 5.41) is 2.85. The fourth-order valence-corrected chi connectivity index (χ4v) is 2.30. The van der Waals surface area contributed by atoms with Gasteiger partial charge in [0.05, 0.1) is 12.1 Å². The lowest BCUT2D eigenvalue weighted by Gasteiger charge is -2.33. The van der Waals surface area contributed by atoms with Crippen molar-refractivity contribution in [3.8, 4) is 0 Å². The predicted molar refractivity (Wildman–Crippen MR) is 78.6 cm³/mol. The van der Waals surface area contributed by atoms with Gasteiger partial charge in [-0.2, -0.15) is 0 Å². The lowest BCUT2D eigenvalue weighted by atomic mass is 10.0. The molecule has 2 rings (SSSR count). The Kier molecular flexibility index (Phi) is 4.32. The number of nitrogens with one attached hydrogen (secondary N) is 1. The van der Waals surface area contributed by atoms with Gasteiger partial charge in [0, 0.05) is 16.6 Å². The molecule has 0 aromatic heterocycles. The maximum Gasteiger partial charge on any atom is 0.410 e. The Balaban J connectivity index is 1.95. The highest BCUT2D eigenvalue weighted by Crippen LogP contribution is 2.18. The van der Waals surface area contributed by atoms with Crippen LogP contribution in [0.2, 0.25) is 0 Å². The topological polar surface area (TPSA) is 58.6 Å². The van der Waals surface area contributed by atoms with Gasteiger partial charge in [0.25, 0.3) is 5.91 Å². The SMILES string of the molecule is CC(C)(CNC(=O)c1ccc(Br)cc1)N1CCOC1=O. The molecule has 0 spiro atoms. The molecule has 2 amide bonds. The van der Waals surface area contributed by atoms with Gasteiger partial charge in [-0.3, -0.25) is 9.69 Å². The van der Waals surface area contributed by atoms with Crippen LogP contribution in [0.15, 0.2) is 28.7 Å². The van der Waals surface area contributed by atoms with E-state index in [1.807, 2.05) is 26.0 Å². The Morgan fingerprint density at radius 1 is 1.40 bits per heavy atom. The van der Waals surface area contributed by atoms with Crippen molar-refractivity contribution in [1.29, 1.82) is 0 Å². The molecule has 1 aliphatic rings. The van der Waals surface area contributed by atoms with Crippen molar-refractivity contribution in [2.45, 2.75) is 19.4 Å². The maximum atomic E-state index is 12.0. The van der Waals surface area contributed by atoms with Crippen LogP contribution in [-0.4, -0.2) is 42.1 Å². The van der Waals surface area contributed by atoms with Crippen molar-refractivity contribution in [3.63, 3.8) is 0 Å². The summed E-state index contributed by atoms with van der Waals surface area (Å²) in [6.07, 6.45) is -0.326. The summed E-state index contributed by atoms with van der Waals surface area (Å²) in [4.78, 5) is 25.2. The van der Waals surface area contributed by atoms with Crippen LogP contribution in [-0.2, 0) is 4.74 Å². The summed E-state index contributed by atoms with van der Waals surface area (Å²) in [7, 11) is 0. The molecule has 108 valence electrons. The van der Waals surface area contributed by atoms with Gasteiger partial charge >= 0.3 is 6.09 Å². The lowest BCUT2D eigenvalue weighted by molar-refractivity contribution is 0.0903. The molecule has 1 aliphatic heterocycles. The molecule has 1 N–H and O–H groups in total. The smallest absolute Gasteiger partial charge is 0.410 e. The summed E-state index contributed by atoms with van der Waals surface area (Å²) in [6.45, 7) is 5.14. The first-order chi connectivity index (χ1) is 9.40. The molecular formula is C14H17BrN2O3. The summed E-state index contributed by atoms with van der Waals surface area (Å²) < 4.78 is 5.85. The molecule has 0 unspecified atom stereocenters. The maximum absolute atomic E-state index is 12.0. The summed E-state index contributed by atoms with van der Waals surface area (Å²) in [5.74, 6) is -0.155. The van der Waals surface area contributed by atoms with E-state index in [1.54, 1.807) is 17.0 Å². The number of nitrogens with zero attached hydrogens (tertiary/aromatic N) is 1. The summed E-state index contributed by atoms with van der Waals surface area (Å²) in [5.41, 5.74) is 0.117. The van der Waals surface area contributed by atoms with E-state index in [0.29, 0.717) is 25.3 Å². The van der Waals surface area contributed by atoms with Crippen LogP contribution in [0.1, 0.15) is 24.2 Å².